The Balaban J connectivity index is 1.65. The highest BCUT2D eigenvalue weighted by Gasteiger charge is 2.29. The van der Waals surface area contributed by atoms with E-state index in [1.807, 2.05) is 10.9 Å². The average Bonchev–Trinajstić information content (AvgIpc) is 3.20. The van der Waals surface area contributed by atoms with Crippen molar-refractivity contribution in [3.63, 3.8) is 0 Å². The van der Waals surface area contributed by atoms with Crippen LogP contribution in [-0.4, -0.2) is 26.3 Å². The molecule has 1 unspecified atom stereocenters. The van der Waals surface area contributed by atoms with Gasteiger partial charge in [-0.05, 0) is 44.6 Å². The lowest BCUT2D eigenvalue weighted by Gasteiger charge is -2.26. The van der Waals surface area contributed by atoms with Crippen LogP contribution in [0.15, 0.2) is 30.6 Å². The molecule has 0 saturated heterocycles. The van der Waals surface area contributed by atoms with Gasteiger partial charge in [-0.3, -0.25) is 4.68 Å². The SMILES string of the molecule is CCn1ccc(CN(CC2C=CCC2)c2nc(C3CC3)ncc2C#N)n1. The van der Waals surface area contributed by atoms with Crippen LogP contribution in [-0.2, 0) is 13.1 Å². The van der Waals surface area contributed by atoms with Crippen molar-refractivity contribution in [3.05, 3.63) is 47.7 Å². The summed E-state index contributed by atoms with van der Waals surface area (Å²) in [6.07, 6.45) is 12.8. The molecule has 2 aliphatic carbocycles. The molecule has 1 saturated carbocycles. The lowest BCUT2D eigenvalue weighted by atomic mass is 10.1. The van der Waals surface area contributed by atoms with Crippen LogP contribution in [0.2, 0.25) is 0 Å². The predicted molar refractivity (Wildman–Crippen MR) is 99.5 cm³/mol. The summed E-state index contributed by atoms with van der Waals surface area (Å²) in [6, 6.07) is 4.33. The number of nitrogens with zero attached hydrogens (tertiary/aromatic N) is 6. The van der Waals surface area contributed by atoms with Crippen LogP contribution in [0.1, 0.15) is 55.6 Å². The van der Waals surface area contributed by atoms with Crippen LogP contribution in [0.5, 0.6) is 0 Å². The van der Waals surface area contributed by atoms with Crippen molar-refractivity contribution in [2.45, 2.75) is 51.6 Å². The average molecular weight is 348 g/mol. The zero-order chi connectivity index (χ0) is 17.9. The van der Waals surface area contributed by atoms with E-state index < -0.39 is 0 Å². The second kappa shape index (κ2) is 7.28. The summed E-state index contributed by atoms with van der Waals surface area (Å²) in [5.74, 6) is 2.60. The highest BCUT2D eigenvalue weighted by Crippen LogP contribution is 2.39. The summed E-state index contributed by atoms with van der Waals surface area (Å²) in [6.45, 7) is 4.45. The zero-order valence-corrected chi connectivity index (χ0v) is 15.2. The lowest BCUT2D eigenvalue weighted by Crippen LogP contribution is -2.30. The molecule has 134 valence electrons. The van der Waals surface area contributed by atoms with E-state index in [1.54, 1.807) is 6.20 Å². The molecule has 0 amide bonds. The maximum Gasteiger partial charge on any atom is 0.150 e. The van der Waals surface area contributed by atoms with Crippen LogP contribution in [0.25, 0.3) is 0 Å². The number of anilines is 1. The van der Waals surface area contributed by atoms with Gasteiger partial charge < -0.3 is 4.90 Å². The van der Waals surface area contributed by atoms with Gasteiger partial charge in [-0.2, -0.15) is 10.4 Å². The Morgan fingerprint density at radius 3 is 2.88 bits per heavy atom. The molecule has 1 atom stereocenters. The highest BCUT2D eigenvalue weighted by atomic mass is 15.3. The van der Waals surface area contributed by atoms with Gasteiger partial charge in [-0.25, -0.2) is 9.97 Å². The summed E-state index contributed by atoms with van der Waals surface area (Å²) < 4.78 is 1.93. The van der Waals surface area contributed by atoms with Crippen LogP contribution in [0, 0.1) is 17.2 Å². The lowest BCUT2D eigenvalue weighted by molar-refractivity contribution is 0.583. The Morgan fingerprint density at radius 1 is 1.35 bits per heavy atom. The van der Waals surface area contributed by atoms with Gasteiger partial charge in [0, 0.05) is 25.2 Å². The minimum absolute atomic E-state index is 0.467. The molecule has 2 aliphatic rings. The molecule has 2 aromatic heterocycles. The first-order valence-corrected chi connectivity index (χ1v) is 9.47. The molecule has 2 heterocycles. The number of hydrogen-bond acceptors (Lipinski definition) is 5. The van der Waals surface area contributed by atoms with Crippen molar-refractivity contribution in [2.24, 2.45) is 5.92 Å². The molecule has 0 N–H and O–H groups in total. The van der Waals surface area contributed by atoms with Gasteiger partial charge in [0.2, 0.25) is 0 Å². The fraction of sp³-hybridized carbons (Fsp3) is 0.500. The van der Waals surface area contributed by atoms with E-state index in [9.17, 15) is 5.26 Å². The fourth-order valence-electron chi connectivity index (χ4n) is 3.46. The zero-order valence-electron chi connectivity index (χ0n) is 15.2. The van der Waals surface area contributed by atoms with Gasteiger partial charge in [0.15, 0.2) is 5.82 Å². The van der Waals surface area contributed by atoms with Gasteiger partial charge in [0.1, 0.15) is 17.5 Å². The summed E-state index contributed by atoms with van der Waals surface area (Å²) in [5, 5.41) is 14.2. The van der Waals surface area contributed by atoms with Gasteiger partial charge in [-0.1, -0.05) is 12.2 Å². The number of allylic oxidation sites excluding steroid dienone is 1. The summed E-state index contributed by atoms with van der Waals surface area (Å²) in [5.41, 5.74) is 1.55. The molecular formula is C20H24N6. The van der Waals surface area contributed by atoms with E-state index >= 15 is 0 Å². The van der Waals surface area contributed by atoms with Gasteiger partial charge in [0.05, 0.1) is 18.4 Å². The molecule has 2 aromatic rings. The highest BCUT2D eigenvalue weighted by molar-refractivity contribution is 5.53. The van der Waals surface area contributed by atoms with E-state index in [0.29, 0.717) is 23.9 Å². The summed E-state index contributed by atoms with van der Waals surface area (Å²) in [7, 11) is 0. The summed E-state index contributed by atoms with van der Waals surface area (Å²) >= 11 is 0. The normalized spacial score (nSPS) is 18.8. The molecule has 0 spiro atoms. The third-order valence-corrected chi connectivity index (χ3v) is 5.09. The molecule has 4 rings (SSSR count). The Labute approximate surface area is 154 Å². The van der Waals surface area contributed by atoms with E-state index in [1.165, 1.54) is 0 Å². The third-order valence-electron chi connectivity index (χ3n) is 5.09. The Morgan fingerprint density at radius 2 is 2.23 bits per heavy atom. The minimum atomic E-state index is 0.467. The van der Waals surface area contributed by atoms with Gasteiger partial charge in [-0.15, -0.1) is 0 Å². The Hall–Kier alpha value is -2.68. The van der Waals surface area contributed by atoms with Crippen molar-refractivity contribution in [3.8, 4) is 6.07 Å². The summed E-state index contributed by atoms with van der Waals surface area (Å²) in [4.78, 5) is 11.4. The first kappa shape index (κ1) is 16.8. The number of rotatable bonds is 7. The second-order valence-electron chi connectivity index (χ2n) is 7.16. The third kappa shape index (κ3) is 3.62. The molecule has 1 fully saturated rings. The van der Waals surface area contributed by atoms with E-state index in [0.717, 1.165) is 56.1 Å². The largest absolute Gasteiger partial charge is 0.349 e. The van der Waals surface area contributed by atoms with Crippen molar-refractivity contribution < 1.29 is 0 Å². The molecule has 6 nitrogen and oxygen atoms in total. The molecule has 6 heteroatoms. The van der Waals surface area contributed by atoms with Crippen molar-refractivity contribution in [1.82, 2.24) is 19.7 Å². The molecule has 0 aliphatic heterocycles. The molecule has 0 aromatic carbocycles. The topological polar surface area (TPSA) is 70.6 Å². The number of aromatic nitrogens is 4. The maximum absolute atomic E-state index is 9.59. The fourth-order valence-corrected chi connectivity index (χ4v) is 3.46. The molecular weight excluding hydrogens is 324 g/mol. The number of aryl methyl sites for hydroxylation is 1. The van der Waals surface area contributed by atoms with E-state index in [4.69, 9.17) is 4.98 Å². The number of hydrogen-bond donors (Lipinski definition) is 0. The second-order valence-corrected chi connectivity index (χ2v) is 7.16. The van der Waals surface area contributed by atoms with Crippen LogP contribution < -0.4 is 4.90 Å². The quantitative estimate of drug-likeness (QED) is 0.717. The van der Waals surface area contributed by atoms with Crippen molar-refractivity contribution in [2.75, 3.05) is 11.4 Å². The smallest absolute Gasteiger partial charge is 0.150 e. The molecule has 0 radical (unpaired) electrons. The minimum Gasteiger partial charge on any atom is -0.349 e. The van der Waals surface area contributed by atoms with Crippen LogP contribution in [0.3, 0.4) is 0 Å². The van der Waals surface area contributed by atoms with Crippen molar-refractivity contribution in [1.29, 1.82) is 5.26 Å². The first-order valence-electron chi connectivity index (χ1n) is 9.47. The van der Waals surface area contributed by atoms with E-state index in [-0.39, 0.29) is 0 Å². The monoisotopic (exact) mass is 348 g/mol. The Kier molecular flexibility index (Phi) is 4.70. The first-order chi connectivity index (χ1) is 12.8. The molecule has 26 heavy (non-hydrogen) atoms. The number of nitriles is 1. The van der Waals surface area contributed by atoms with Crippen LogP contribution >= 0.6 is 0 Å². The molecule has 0 bridgehead atoms. The van der Waals surface area contributed by atoms with Gasteiger partial charge in [0.25, 0.3) is 0 Å². The van der Waals surface area contributed by atoms with E-state index in [2.05, 4.69) is 46.2 Å². The maximum atomic E-state index is 9.59. The Bertz CT molecular complexity index is 842. The van der Waals surface area contributed by atoms with Crippen molar-refractivity contribution >= 4 is 5.82 Å². The van der Waals surface area contributed by atoms with Gasteiger partial charge >= 0.3 is 0 Å². The standard InChI is InChI=1S/C20H24N6/c1-2-26-10-9-18(24-26)14-25(13-15-5-3-4-6-15)20-17(11-21)12-22-19(23-20)16-7-8-16/h3,5,9-10,12,15-16H,2,4,6-8,13-14H2,1H3. The van der Waals surface area contributed by atoms with Crippen LogP contribution in [0.4, 0.5) is 5.82 Å². The predicted octanol–water partition coefficient (Wildman–Crippen LogP) is 3.41.